The molecule has 3 rings (SSSR count). The lowest BCUT2D eigenvalue weighted by Crippen LogP contribution is -2.52. The highest BCUT2D eigenvalue weighted by Crippen LogP contribution is 2.31. The number of halogens is 2. The summed E-state index contributed by atoms with van der Waals surface area (Å²) >= 11 is 12.8. The van der Waals surface area contributed by atoms with Gasteiger partial charge >= 0.3 is 0 Å². The van der Waals surface area contributed by atoms with Gasteiger partial charge in [-0.25, -0.2) is 8.42 Å². The van der Waals surface area contributed by atoms with Crippen LogP contribution in [0, 0.1) is 13.8 Å². The molecule has 7 nitrogen and oxygen atoms in total. The van der Waals surface area contributed by atoms with E-state index in [0.29, 0.717) is 27.6 Å². The third-order valence-corrected chi connectivity index (χ3v) is 9.41. The van der Waals surface area contributed by atoms with Crippen molar-refractivity contribution in [1.82, 2.24) is 10.2 Å². The highest BCUT2D eigenvalue weighted by molar-refractivity contribution is 7.92. The molecule has 1 N–H and O–H groups in total. The van der Waals surface area contributed by atoms with Gasteiger partial charge in [0.15, 0.2) is 0 Å². The Bertz CT molecular complexity index is 1460. The van der Waals surface area contributed by atoms with Gasteiger partial charge in [0, 0.05) is 22.6 Å². The number of nitrogens with one attached hydrogen (secondary N) is 1. The Morgan fingerprint density at radius 2 is 1.52 bits per heavy atom. The van der Waals surface area contributed by atoms with Gasteiger partial charge in [-0.2, -0.15) is 0 Å². The molecule has 10 heteroatoms. The molecular formula is C30H35Cl2N3O4S. The second kappa shape index (κ2) is 13.5. The first-order valence-electron chi connectivity index (χ1n) is 13.0. The van der Waals surface area contributed by atoms with Gasteiger partial charge in [0.1, 0.15) is 12.6 Å². The van der Waals surface area contributed by atoms with E-state index in [1.54, 1.807) is 68.4 Å². The van der Waals surface area contributed by atoms with Gasteiger partial charge < -0.3 is 10.2 Å². The lowest BCUT2D eigenvalue weighted by molar-refractivity contribution is -0.139. The van der Waals surface area contributed by atoms with Crippen molar-refractivity contribution < 1.29 is 18.0 Å². The van der Waals surface area contributed by atoms with E-state index in [0.717, 1.165) is 9.87 Å². The average molecular weight is 605 g/mol. The van der Waals surface area contributed by atoms with Crippen molar-refractivity contribution >= 4 is 50.7 Å². The zero-order valence-electron chi connectivity index (χ0n) is 23.3. The summed E-state index contributed by atoms with van der Waals surface area (Å²) in [5.74, 6) is -0.914. The van der Waals surface area contributed by atoms with Gasteiger partial charge in [-0.1, -0.05) is 72.1 Å². The third-order valence-electron chi connectivity index (χ3n) is 6.86. The van der Waals surface area contributed by atoms with E-state index >= 15 is 0 Å². The molecule has 0 unspecified atom stereocenters. The quantitative estimate of drug-likeness (QED) is 0.285. The van der Waals surface area contributed by atoms with Crippen LogP contribution in [0.4, 0.5) is 5.69 Å². The van der Waals surface area contributed by atoms with E-state index in [2.05, 4.69) is 5.32 Å². The first-order chi connectivity index (χ1) is 18.9. The maximum absolute atomic E-state index is 14.0. The van der Waals surface area contributed by atoms with Crippen LogP contribution in [0.1, 0.15) is 43.9 Å². The zero-order valence-corrected chi connectivity index (χ0v) is 25.6. The SMILES string of the molecule is CC[C@H](C)NC(=O)[C@@H](C)N(Cc1ccccc1Cl)C(=O)CN(c1cccc(Cl)c1C)S(=O)(=O)c1ccc(C)cc1. The lowest BCUT2D eigenvalue weighted by Gasteiger charge is -2.33. The Hall–Kier alpha value is -3.07. The Balaban J connectivity index is 2.08. The van der Waals surface area contributed by atoms with Crippen molar-refractivity contribution in [3.05, 3.63) is 93.5 Å². The van der Waals surface area contributed by atoms with Crippen LogP contribution in [0.3, 0.4) is 0 Å². The molecule has 0 fully saturated rings. The third kappa shape index (κ3) is 7.36. The van der Waals surface area contributed by atoms with Crippen LogP contribution in [0.15, 0.2) is 71.6 Å². The Morgan fingerprint density at radius 1 is 0.900 bits per heavy atom. The van der Waals surface area contributed by atoms with Crippen molar-refractivity contribution in [3.63, 3.8) is 0 Å². The molecule has 2 amide bonds. The minimum Gasteiger partial charge on any atom is -0.352 e. The van der Waals surface area contributed by atoms with E-state index in [1.165, 1.54) is 17.0 Å². The topological polar surface area (TPSA) is 86.8 Å². The van der Waals surface area contributed by atoms with Gasteiger partial charge in [0.05, 0.1) is 10.6 Å². The molecule has 3 aromatic rings. The van der Waals surface area contributed by atoms with Crippen molar-refractivity contribution in [2.75, 3.05) is 10.8 Å². The molecule has 0 heterocycles. The van der Waals surface area contributed by atoms with Crippen LogP contribution in [0.25, 0.3) is 0 Å². The number of nitrogens with zero attached hydrogens (tertiary/aromatic N) is 2. The van der Waals surface area contributed by atoms with Gasteiger partial charge in [-0.15, -0.1) is 0 Å². The summed E-state index contributed by atoms with van der Waals surface area (Å²) in [5, 5.41) is 3.71. The van der Waals surface area contributed by atoms with Crippen LogP contribution in [0.5, 0.6) is 0 Å². The smallest absolute Gasteiger partial charge is 0.264 e. The zero-order chi connectivity index (χ0) is 29.6. The summed E-state index contributed by atoms with van der Waals surface area (Å²) in [5.41, 5.74) is 2.31. The second-order valence-corrected chi connectivity index (χ2v) is 12.5. The van der Waals surface area contributed by atoms with Crippen molar-refractivity contribution in [2.24, 2.45) is 0 Å². The van der Waals surface area contributed by atoms with E-state index in [-0.39, 0.29) is 29.1 Å². The average Bonchev–Trinajstić information content (AvgIpc) is 2.92. The highest BCUT2D eigenvalue weighted by atomic mass is 35.5. The summed E-state index contributed by atoms with van der Waals surface area (Å²) in [4.78, 5) is 28.6. The van der Waals surface area contributed by atoms with Gasteiger partial charge in [0.25, 0.3) is 10.0 Å². The number of amides is 2. The molecule has 214 valence electrons. The van der Waals surface area contributed by atoms with Crippen molar-refractivity contribution in [3.8, 4) is 0 Å². The van der Waals surface area contributed by atoms with Gasteiger partial charge in [-0.05, 0) is 75.6 Å². The second-order valence-electron chi connectivity index (χ2n) is 9.82. The normalized spacial score (nSPS) is 12.9. The standard InChI is InChI=1S/C30H35Cl2N3O4S/c1-6-21(3)33-30(37)23(5)34(18-24-10-7-8-11-27(24)32)29(36)19-35(28-13-9-12-26(31)22(28)4)40(38,39)25-16-14-20(2)15-17-25/h7-17,21,23H,6,18-19H2,1-5H3,(H,33,37)/t21-,23+/m0/s1. The number of rotatable bonds is 11. The Morgan fingerprint density at radius 3 is 2.15 bits per heavy atom. The Kier molecular flexibility index (Phi) is 10.6. The monoisotopic (exact) mass is 603 g/mol. The highest BCUT2D eigenvalue weighted by Gasteiger charge is 2.33. The minimum absolute atomic E-state index is 0.0144. The molecule has 0 aromatic heterocycles. The molecule has 0 aliphatic rings. The first-order valence-corrected chi connectivity index (χ1v) is 15.2. The van der Waals surface area contributed by atoms with Gasteiger partial charge in [-0.3, -0.25) is 13.9 Å². The van der Waals surface area contributed by atoms with E-state index in [4.69, 9.17) is 23.2 Å². The van der Waals surface area contributed by atoms with Gasteiger partial charge in [0.2, 0.25) is 11.8 Å². The number of hydrogen-bond acceptors (Lipinski definition) is 4. The maximum atomic E-state index is 14.0. The summed E-state index contributed by atoms with van der Waals surface area (Å²) in [6, 6.07) is 17.3. The molecule has 2 atom stereocenters. The van der Waals surface area contributed by atoms with Crippen molar-refractivity contribution in [1.29, 1.82) is 0 Å². The molecule has 0 aliphatic heterocycles. The molecular weight excluding hydrogens is 569 g/mol. The number of carbonyl (C=O) groups is 2. The number of sulfonamides is 1. The fraction of sp³-hybridized carbons (Fsp3) is 0.333. The molecule has 0 radical (unpaired) electrons. The molecule has 0 saturated carbocycles. The molecule has 0 saturated heterocycles. The van der Waals surface area contributed by atoms with Crippen LogP contribution in [0.2, 0.25) is 10.0 Å². The largest absolute Gasteiger partial charge is 0.352 e. The minimum atomic E-state index is -4.19. The van der Waals surface area contributed by atoms with Crippen LogP contribution >= 0.6 is 23.2 Å². The van der Waals surface area contributed by atoms with Crippen LogP contribution in [-0.4, -0.2) is 43.8 Å². The number of hydrogen-bond donors (Lipinski definition) is 1. The number of aryl methyl sites for hydroxylation is 1. The predicted octanol–water partition coefficient (Wildman–Crippen LogP) is 6.14. The summed E-state index contributed by atoms with van der Waals surface area (Å²) in [7, 11) is -4.19. The van der Waals surface area contributed by atoms with Crippen LogP contribution < -0.4 is 9.62 Å². The maximum Gasteiger partial charge on any atom is 0.264 e. The molecule has 0 spiro atoms. The molecule has 0 aliphatic carbocycles. The fourth-order valence-corrected chi connectivity index (χ4v) is 5.91. The van der Waals surface area contributed by atoms with E-state index in [9.17, 15) is 18.0 Å². The fourth-order valence-electron chi connectivity index (χ4n) is 4.08. The number of benzene rings is 3. The number of anilines is 1. The predicted molar refractivity (Wildman–Crippen MR) is 161 cm³/mol. The molecule has 3 aromatic carbocycles. The van der Waals surface area contributed by atoms with Crippen molar-refractivity contribution in [2.45, 2.75) is 64.6 Å². The summed E-state index contributed by atoms with van der Waals surface area (Å²) < 4.78 is 29.0. The van der Waals surface area contributed by atoms with E-state index in [1.807, 2.05) is 20.8 Å². The summed E-state index contributed by atoms with van der Waals surface area (Å²) in [6.45, 7) is 8.46. The molecule has 40 heavy (non-hydrogen) atoms. The van der Waals surface area contributed by atoms with Crippen LogP contribution in [-0.2, 0) is 26.2 Å². The first kappa shape index (κ1) is 31.5. The number of carbonyl (C=O) groups excluding carboxylic acids is 2. The molecule has 0 bridgehead atoms. The summed E-state index contributed by atoms with van der Waals surface area (Å²) in [6.07, 6.45) is 0.716. The van der Waals surface area contributed by atoms with E-state index < -0.39 is 28.5 Å². The Labute approximate surface area is 247 Å². The lowest BCUT2D eigenvalue weighted by atomic mass is 10.1.